The molecular formula is C13H14N4O2S3. The number of thiazole rings is 1. The number of aliphatic hydroxyl groups is 1. The van der Waals surface area contributed by atoms with Crippen LogP contribution in [0.2, 0.25) is 0 Å². The third-order valence-corrected chi connectivity index (χ3v) is 5.67. The van der Waals surface area contributed by atoms with Gasteiger partial charge in [-0.1, -0.05) is 29.2 Å². The summed E-state index contributed by atoms with van der Waals surface area (Å²) in [5.74, 6) is 1.37. The van der Waals surface area contributed by atoms with Gasteiger partial charge in [-0.3, -0.25) is 9.78 Å². The van der Waals surface area contributed by atoms with Gasteiger partial charge in [0.15, 0.2) is 16.6 Å². The normalized spacial score (nSPS) is 12.6. The molecule has 6 nitrogen and oxygen atoms in total. The van der Waals surface area contributed by atoms with Crippen LogP contribution in [0.3, 0.4) is 0 Å². The highest BCUT2D eigenvalue weighted by molar-refractivity contribution is 7.98. The fourth-order valence-electron chi connectivity index (χ4n) is 1.80. The second kappa shape index (κ2) is 6.78. The van der Waals surface area contributed by atoms with Gasteiger partial charge >= 0.3 is 4.87 Å². The number of nitrogens with one attached hydrogen (secondary N) is 2. The van der Waals surface area contributed by atoms with Crippen molar-refractivity contribution in [2.75, 3.05) is 11.9 Å². The van der Waals surface area contributed by atoms with Crippen molar-refractivity contribution in [1.82, 2.24) is 15.0 Å². The summed E-state index contributed by atoms with van der Waals surface area (Å²) < 4.78 is 0.686. The molecule has 0 aliphatic rings. The summed E-state index contributed by atoms with van der Waals surface area (Å²) in [6.45, 7) is 1.84. The number of fused-ring (bicyclic) bond motifs is 1. The molecule has 3 aromatic rings. The van der Waals surface area contributed by atoms with Crippen molar-refractivity contribution in [2.24, 2.45) is 0 Å². The molecule has 0 aromatic carbocycles. The van der Waals surface area contributed by atoms with Crippen LogP contribution >= 0.6 is 34.4 Å². The number of aromatic amines is 1. The van der Waals surface area contributed by atoms with Gasteiger partial charge < -0.3 is 10.4 Å². The van der Waals surface area contributed by atoms with Crippen LogP contribution in [-0.4, -0.2) is 32.7 Å². The van der Waals surface area contributed by atoms with Gasteiger partial charge in [-0.05, 0) is 18.4 Å². The molecule has 9 heteroatoms. The Bertz CT molecular complexity index is 812. The Kier molecular flexibility index (Phi) is 4.77. The summed E-state index contributed by atoms with van der Waals surface area (Å²) in [6, 6.07) is 3.93. The van der Waals surface area contributed by atoms with Crippen molar-refractivity contribution < 1.29 is 5.11 Å². The number of anilines is 1. The summed E-state index contributed by atoms with van der Waals surface area (Å²) in [4.78, 5) is 24.3. The monoisotopic (exact) mass is 354 g/mol. The van der Waals surface area contributed by atoms with E-state index in [1.54, 1.807) is 11.3 Å². The molecule has 3 aromatic heterocycles. The summed E-state index contributed by atoms with van der Waals surface area (Å²) in [5, 5.41) is 14.9. The minimum absolute atomic E-state index is 0.0114. The van der Waals surface area contributed by atoms with Gasteiger partial charge in [0.2, 0.25) is 0 Å². The third kappa shape index (κ3) is 3.49. The van der Waals surface area contributed by atoms with E-state index in [0.717, 1.165) is 17.1 Å². The molecule has 3 heterocycles. The van der Waals surface area contributed by atoms with Crippen LogP contribution < -0.4 is 10.2 Å². The molecule has 1 atom stereocenters. The second-order valence-electron chi connectivity index (χ2n) is 4.64. The van der Waals surface area contributed by atoms with Gasteiger partial charge in [0.05, 0.1) is 6.61 Å². The lowest BCUT2D eigenvalue weighted by Crippen LogP contribution is -2.20. The van der Waals surface area contributed by atoms with Crippen LogP contribution in [0.15, 0.2) is 27.5 Å². The van der Waals surface area contributed by atoms with Crippen molar-refractivity contribution in [1.29, 1.82) is 0 Å². The number of H-pyrrole nitrogens is 1. The van der Waals surface area contributed by atoms with Crippen molar-refractivity contribution in [3.63, 3.8) is 0 Å². The summed E-state index contributed by atoms with van der Waals surface area (Å²) in [6.07, 6.45) is 0. The fourth-order valence-corrected chi connectivity index (χ4v) is 4.14. The van der Waals surface area contributed by atoms with E-state index in [-0.39, 0.29) is 17.5 Å². The smallest absolute Gasteiger partial charge is 0.306 e. The van der Waals surface area contributed by atoms with Crippen LogP contribution in [0.25, 0.3) is 10.3 Å². The van der Waals surface area contributed by atoms with Crippen LogP contribution in [0.5, 0.6) is 0 Å². The van der Waals surface area contributed by atoms with Crippen LogP contribution in [0.1, 0.15) is 11.8 Å². The standard InChI is InChI=1S/C13H14N4O2S3/c1-7(5-18)14-10-9-11(17-13(19)22-9)16-12(15-10)21-6-8-3-2-4-20-8/h2-4,7,18H,5-6H2,1H3,(H2,14,15,16,17,19). The Hall–Kier alpha value is -1.42. The number of thiophene rings is 1. The molecule has 0 fully saturated rings. The zero-order chi connectivity index (χ0) is 15.5. The first-order chi connectivity index (χ1) is 10.7. The van der Waals surface area contributed by atoms with Crippen molar-refractivity contribution in [2.45, 2.75) is 23.9 Å². The second-order valence-corrected chi connectivity index (χ2v) is 7.60. The molecular weight excluding hydrogens is 340 g/mol. The molecule has 1 unspecified atom stereocenters. The molecule has 0 radical (unpaired) electrons. The first kappa shape index (κ1) is 15.5. The summed E-state index contributed by atoms with van der Waals surface area (Å²) in [5.41, 5.74) is 0.534. The molecule has 22 heavy (non-hydrogen) atoms. The number of hydrogen-bond donors (Lipinski definition) is 3. The van der Waals surface area contributed by atoms with E-state index in [1.807, 2.05) is 18.4 Å². The van der Waals surface area contributed by atoms with Gasteiger partial charge in [-0.25, -0.2) is 9.97 Å². The summed E-state index contributed by atoms with van der Waals surface area (Å²) in [7, 11) is 0. The van der Waals surface area contributed by atoms with E-state index < -0.39 is 0 Å². The lowest BCUT2D eigenvalue weighted by atomic mass is 10.3. The highest BCUT2D eigenvalue weighted by atomic mass is 32.2. The molecule has 0 bridgehead atoms. The number of nitrogens with zero attached hydrogens (tertiary/aromatic N) is 2. The van der Waals surface area contributed by atoms with E-state index >= 15 is 0 Å². The molecule has 0 saturated carbocycles. The number of aromatic nitrogens is 3. The average Bonchev–Trinajstić information content (AvgIpc) is 3.13. The van der Waals surface area contributed by atoms with Gasteiger partial charge in [-0.2, -0.15) is 0 Å². The predicted molar refractivity (Wildman–Crippen MR) is 92.1 cm³/mol. The first-order valence-corrected chi connectivity index (χ1v) is 9.27. The Morgan fingerprint density at radius 1 is 1.50 bits per heavy atom. The van der Waals surface area contributed by atoms with E-state index in [1.165, 1.54) is 16.6 Å². The minimum Gasteiger partial charge on any atom is -0.394 e. The third-order valence-electron chi connectivity index (χ3n) is 2.84. The zero-order valence-corrected chi connectivity index (χ0v) is 14.1. The lowest BCUT2D eigenvalue weighted by Gasteiger charge is -2.12. The molecule has 0 aliphatic heterocycles. The van der Waals surface area contributed by atoms with Gasteiger partial charge in [0, 0.05) is 16.7 Å². The van der Waals surface area contributed by atoms with Gasteiger partial charge in [0.25, 0.3) is 0 Å². The topological polar surface area (TPSA) is 90.9 Å². The maximum absolute atomic E-state index is 11.6. The molecule has 116 valence electrons. The Balaban J connectivity index is 1.91. The number of thioether (sulfide) groups is 1. The van der Waals surface area contributed by atoms with Crippen LogP contribution in [0.4, 0.5) is 5.82 Å². The SMILES string of the molecule is CC(CO)Nc1nc(SCc2cccs2)nc2[nH]c(=O)sc12. The van der Waals surface area contributed by atoms with Gasteiger partial charge in [0.1, 0.15) is 4.70 Å². The Labute approximate surface area is 138 Å². The zero-order valence-electron chi connectivity index (χ0n) is 11.7. The van der Waals surface area contributed by atoms with E-state index in [9.17, 15) is 9.90 Å². The maximum Gasteiger partial charge on any atom is 0.306 e. The summed E-state index contributed by atoms with van der Waals surface area (Å²) >= 11 is 4.28. The predicted octanol–water partition coefficient (Wildman–Crippen LogP) is 2.53. The van der Waals surface area contributed by atoms with Crippen molar-refractivity contribution >= 4 is 50.6 Å². The molecule has 3 rings (SSSR count). The minimum atomic E-state index is -0.163. The largest absolute Gasteiger partial charge is 0.394 e. The molecule has 0 saturated heterocycles. The van der Waals surface area contributed by atoms with Crippen molar-refractivity contribution in [3.8, 4) is 0 Å². The number of hydrogen-bond acceptors (Lipinski definition) is 8. The van der Waals surface area contributed by atoms with Gasteiger partial charge in [-0.15, -0.1) is 11.3 Å². The molecule has 0 aliphatic carbocycles. The molecule has 3 N–H and O–H groups in total. The lowest BCUT2D eigenvalue weighted by molar-refractivity contribution is 0.281. The Morgan fingerprint density at radius 2 is 2.36 bits per heavy atom. The molecule has 0 spiro atoms. The maximum atomic E-state index is 11.6. The Morgan fingerprint density at radius 3 is 3.09 bits per heavy atom. The highest BCUT2D eigenvalue weighted by Gasteiger charge is 2.13. The fraction of sp³-hybridized carbons (Fsp3) is 0.308. The molecule has 0 amide bonds. The van der Waals surface area contributed by atoms with E-state index in [2.05, 4.69) is 26.3 Å². The average molecular weight is 354 g/mol. The van der Waals surface area contributed by atoms with E-state index in [0.29, 0.717) is 21.3 Å². The first-order valence-electron chi connectivity index (χ1n) is 6.59. The number of rotatable bonds is 6. The highest BCUT2D eigenvalue weighted by Crippen LogP contribution is 2.28. The van der Waals surface area contributed by atoms with Crippen LogP contribution in [0, 0.1) is 0 Å². The van der Waals surface area contributed by atoms with Crippen molar-refractivity contribution in [3.05, 3.63) is 32.1 Å². The van der Waals surface area contributed by atoms with Crippen LogP contribution in [-0.2, 0) is 5.75 Å². The number of aliphatic hydroxyl groups excluding tert-OH is 1. The quantitative estimate of drug-likeness (QED) is 0.465. The van der Waals surface area contributed by atoms with E-state index in [4.69, 9.17) is 0 Å².